The highest BCUT2D eigenvalue weighted by atomic mass is 19.4. The molecule has 0 unspecified atom stereocenters. The molecular weight excluding hydrogens is 299 g/mol. The van der Waals surface area contributed by atoms with Crippen LogP contribution in [0.2, 0.25) is 0 Å². The molecule has 0 aliphatic carbocycles. The number of pyridine rings is 1. The number of carbonyl (C=O) groups is 1. The van der Waals surface area contributed by atoms with Crippen molar-refractivity contribution in [2.24, 2.45) is 5.73 Å². The van der Waals surface area contributed by atoms with Crippen LogP contribution in [0, 0.1) is 0 Å². The summed E-state index contributed by atoms with van der Waals surface area (Å²) < 4.78 is 39.0. The number of primary amides is 1. The van der Waals surface area contributed by atoms with Crippen LogP contribution in [-0.2, 0) is 19.0 Å². The zero-order valence-electron chi connectivity index (χ0n) is 11.3. The minimum atomic E-state index is -4.72. The Morgan fingerprint density at radius 1 is 1.23 bits per heavy atom. The molecule has 116 valence electrons. The van der Waals surface area contributed by atoms with E-state index < -0.39 is 29.3 Å². The summed E-state index contributed by atoms with van der Waals surface area (Å²) in [6.07, 6.45) is -1.45. The number of hydrogen-bond acceptors (Lipinski definition) is 5. The van der Waals surface area contributed by atoms with Crippen LogP contribution in [0.1, 0.15) is 27.4 Å². The first-order valence-corrected chi connectivity index (χ1v) is 6.21. The quantitative estimate of drug-likeness (QED) is 0.886. The van der Waals surface area contributed by atoms with Crippen molar-refractivity contribution in [3.8, 4) is 0 Å². The predicted molar refractivity (Wildman–Crippen MR) is 71.6 cm³/mol. The number of anilines is 1. The van der Waals surface area contributed by atoms with E-state index in [-0.39, 0.29) is 18.5 Å². The number of nitrogen functional groups attached to an aromatic ring is 1. The normalized spacial score (nSPS) is 11.4. The van der Waals surface area contributed by atoms with Gasteiger partial charge in [-0.2, -0.15) is 13.2 Å². The third-order valence-electron chi connectivity index (χ3n) is 2.87. The molecule has 1 amide bonds. The van der Waals surface area contributed by atoms with Crippen molar-refractivity contribution in [3.63, 3.8) is 0 Å². The van der Waals surface area contributed by atoms with E-state index >= 15 is 0 Å². The van der Waals surface area contributed by atoms with Crippen molar-refractivity contribution >= 4 is 11.7 Å². The fraction of sp³-hybridized carbons (Fsp3) is 0.231. The van der Waals surface area contributed by atoms with Crippen molar-refractivity contribution in [2.45, 2.75) is 19.0 Å². The fourth-order valence-electron chi connectivity index (χ4n) is 1.87. The lowest BCUT2D eigenvalue weighted by Gasteiger charge is -2.13. The Labute approximate surface area is 123 Å². The molecule has 4 N–H and O–H groups in total. The van der Waals surface area contributed by atoms with Crippen molar-refractivity contribution in [3.05, 3.63) is 47.2 Å². The number of rotatable bonds is 4. The maximum Gasteiger partial charge on any atom is 0.435 e. The number of hydrogen-bond donors (Lipinski definition) is 2. The van der Waals surface area contributed by atoms with Crippen molar-refractivity contribution in [2.75, 3.05) is 5.73 Å². The number of aryl methyl sites for hydroxylation is 2. The van der Waals surface area contributed by atoms with Crippen molar-refractivity contribution in [1.29, 1.82) is 0 Å². The number of alkyl halides is 3. The van der Waals surface area contributed by atoms with Gasteiger partial charge in [-0.15, -0.1) is 0 Å². The lowest BCUT2D eigenvalue weighted by atomic mass is 10.1. The molecule has 2 heterocycles. The zero-order chi connectivity index (χ0) is 16.3. The van der Waals surface area contributed by atoms with E-state index in [1.165, 1.54) is 6.20 Å². The Bertz CT molecular complexity index is 688. The van der Waals surface area contributed by atoms with Crippen LogP contribution in [0.15, 0.2) is 24.5 Å². The molecule has 0 spiro atoms. The van der Waals surface area contributed by atoms with Gasteiger partial charge in [-0.1, -0.05) is 6.07 Å². The minimum Gasteiger partial charge on any atom is -0.382 e. The molecule has 0 aliphatic heterocycles. The third kappa shape index (κ3) is 3.48. The van der Waals surface area contributed by atoms with E-state index in [4.69, 9.17) is 11.5 Å². The SMILES string of the molecule is NC(=O)c1nc(CCc2cccnc2)c(C(F)(F)F)nc1N. The molecule has 2 aromatic rings. The van der Waals surface area contributed by atoms with Gasteiger partial charge in [0.2, 0.25) is 0 Å². The summed E-state index contributed by atoms with van der Waals surface area (Å²) in [4.78, 5) is 21.9. The molecule has 0 radical (unpaired) electrons. The average Bonchev–Trinajstić information content (AvgIpc) is 2.45. The number of nitrogens with zero attached hydrogens (tertiary/aromatic N) is 3. The third-order valence-corrected chi connectivity index (χ3v) is 2.87. The van der Waals surface area contributed by atoms with Crippen molar-refractivity contribution in [1.82, 2.24) is 15.0 Å². The van der Waals surface area contributed by atoms with Crippen LogP contribution >= 0.6 is 0 Å². The summed E-state index contributed by atoms with van der Waals surface area (Å²) in [6, 6.07) is 3.39. The second-order valence-electron chi connectivity index (χ2n) is 4.48. The van der Waals surface area contributed by atoms with Crippen molar-refractivity contribution < 1.29 is 18.0 Å². The van der Waals surface area contributed by atoms with E-state index in [1.807, 2.05) is 0 Å². The van der Waals surface area contributed by atoms with Gasteiger partial charge in [-0.05, 0) is 24.5 Å². The van der Waals surface area contributed by atoms with Gasteiger partial charge in [0.15, 0.2) is 17.2 Å². The second kappa shape index (κ2) is 5.96. The van der Waals surface area contributed by atoms with Gasteiger partial charge in [-0.3, -0.25) is 9.78 Å². The Kier molecular flexibility index (Phi) is 4.25. The van der Waals surface area contributed by atoms with E-state index in [2.05, 4.69) is 15.0 Å². The van der Waals surface area contributed by atoms with Crippen LogP contribution in [0.5, 0.6) is 0 Å². The summed E-state index contributed by atoms with van der Waals surface area (Å²) in [5, 5.41) is 0. The highest BCUT2D eigenvalue weighted by Gasteiger charge is 2.37. The van der Waals surface area contributed by atoms with Gasteiger partial charge < -0.3 is 11.5 Å². The summed E-state index contributed by atoms with van der Waals surface area (Å²) in [6.45, 7) is 0. The predicted octanol–water partition coefficient (Wildman–Crippen LogP) is 1.36. The van der Waals surface area contributed by atoms with E-state index in [0.29, 0.717) is 0 Å². The Hall–Kier alpha value is -2.71. The standard InChI is InChI=1S/C13H12F3N5O/c14-13(15,16)10-8(4-3-7-2-1-5-19-6-7)20-9(12(18)22)11(17)21-10/h1-2,5-6H,3-4H2,(H2,17,21)(H2,18,22). The Balaban J connectivity index is 2.38. The first kappa shape index (κ1) is 15.7. The molecule has 0 fully saturated rings. The van der Waals surface area contributed by atoms with Gasteiger partial charge in [0.25, 0.3) is 5.91 Å². The molecule has 0 saturated carbocycles. The first-order chi connectivity index (χ1) is 10.3. The summed E-state index contributed by atoms with van der Waals surface area (Å²) in [5.74, 6) is -1.66. The van der Waals surface area contributed by atoms with Gasteiger partial charge in [0, 0.05) is 12.4 Å². The highest BCUT2D eigenvalue weighted by molar-refractivity contribution is 5.95. The topological polar surface area (TPSA) is 108 Å². The molecule has 9 heteroatoms. The largest absolute Gasteiger partial charge is 0.435 e. The minimum absolute atomic E-state index is 0.0753. The fourth-order valence-corrected chi connectivity index (χ4v) is 1.87. The van der Waals surface area contributed by atoms with Gasteiger partial charge in [0.05, 0.1) is 5.69 Å². The van der Waals surface area contributed by atoms with Crippen LogP contribution < -0.4 is 11.5 Å². The lowest BCUT2D eigenvalue weighted by Crippen LogP contribution is -2.22. The van der Waals surface area contributed by atoms with E-state index in [9.17, 15) is 18.0 Å². The van der Waals surface area contributed by atoms with Gasteiger partial charge >= 0.3 is 6.18 Å². The van der Waals surface area contributed by atoms with Crippen LogP contribution in [-0.4, -0.2) is 20.9 Å². The first-order valence-electron chi connectivity index (χ1n) is 6.21. The molecule has 2 rings (SSSR count). The summed E-state index contributed by atoms with van der Waals surface area (Å²) >= 11 is 0. The van der Waals surface area contributed by atoms with Crippen LogP contribution in [0.4, 0.5) is 19.0 Å². The second-order valence-corrected chi connectivity index (χ2v) is 4.48. The Morgan fingerprint density at radius 2 is 1.95 bits per heavy atom. The van der Waals surface area contributed by atoms with Gasteiger partial charge in [-0.25, -0.2) is 9.97 Å². The number of carbonyl (C=O) groups excluding carboxylic acids is 1. The van der Waals surface area contributed by atoms with Crippen LogP contribution in [0.3, 0.4) is 0 Å². The molecule has 0 saturated heterocycles. The molecule has 0 aromatic carbocycles. The van der Waals surface area contributed by atoms with Crippen LogP contribution in [0.25, 0.3) is 0 Å². The Morgan fingerprint density at radius 3 is 2.50 bits per heavy atom. The summed E-state index contributed by atoms with van der Waals surface area (Å²) in [5.41, 5.74) is 9.03. The molecule has 0 aliphatic rings. The number of nitrogens with two attached hydrogens (primary N) is 2. The summed E-state index contributed by atoms with van der Waals surface area (Å²) in [7, 11) is 0. The molecule has 22 heavy (non-hydrogen) atoms. The number of halogens is 3. The lowest BCUT2D eigenvalue weighted by molar-refractivity contribution is -0.142. The smallest absolute Gasteiger partial charge is 0.382 e. The van der Waals surface area contributed by atoms with E-state index in [1.54, 1.807) is 18.3 Å². The molecule has 0 atom stereocenters. The van der Waals surface area contributed by atoms with Gasteiger partial charge in [0.1, 0.15) is 0 Å². The van der Waals surface area contributed by atoms with E-state index in [0.717, 1.165) is 5.56 Å². The zero-order valence-corrected chi connectivity index (χ0v) is 11.3. The maximum atomic E-state index is 13.0. The number of aromatic nitrogens is 3. The highest BCUT2D eigenvalue weighted by Crippen LogP contribution is 2.31. The average molecular weight is 311 g/mol. The molecular formula is C13H12F3N5O. The monoisotopic (exact) mass is 311 g/mol. The number of amides is 1. The molecule has 6 nitrogen and oxygen atoms in total. The molecule has 0 bridgehead atoms. The molecule has 2 aromatic heterocycles. The maximum absolute atomic E-state index is 13.0.